The van der Waals surface area contributed by atoms with E-state index in [0.29, 0.717) is 24.6 Å². The first-order chi connectivity index (χ1) is 28.9. The van der Waals surface area contributed by atoms with Crippen LogP contribution in [0.1, 0.15) is 127 Å². The van der Waals surface area contributed by atoms with Gasteiger partial charge in [0.2, 0.25) is 5.91 Å². The van der Waals surface area contributed by atoms with Gasteiger partial charge in [0.05, 0.1) is 47.6 Å². The Morgan fingerprint density at radius 1 is 0.984 bits per heavy atom. The smallest absolute Gasteiger partial charge is 0.311 e. The van der Waals surface area contributed by atoms with E-state index in [0.717, 1.165) is 19.3 Å². The number of likely N-dealkylation sites (N-methyl/N-ethyl adjacent to an activating group) is 2. The van der Waals surface area contributed by atoms with Crippen molar-refractivity contribution in [3.05, 3.63) is 0 Å². The van der Waals surface area contributed by atoms with Crippen molar-refractivity contribution in [1.29, 1.82) is 0 Å². The van der Waals surface area contributed by atoms with E-state index in [-0.39, 0.29) is 31.1 Å². The monoisotopic (exact) mass is 923 g/mol. The van der Waals surface area contributed by atoms with Crippen LogP contribution in [0.25, 0.3) is 0 Å². The van der Waals surface area contributed by atoms with Crippen molar-refractivity contribution in [1.82, 2.24) is 9.80 Å². The number of carbonyl (C=O) groups is 2. The van der Waals surface area contributed by atoms with Gasteiger partial charge in [0, 0.05) is 56.5 Å². The van der Waals surface area contributed by atoms with Crippen LogP contribution in [-0.4, -0.2) is 176 Å². The molecule has 362 valence electrons. The minimum Gasteiger partial charge on any atom is -0.459 e. The van der Waals surface area contributed by atoms with E-state index >= 15 is 0 Å². The Labute approximate surface area is 379 Å². The molecule has 0 saturated carbocycles. The van der Waals surface area contributed by atoms with Gasteiger partial charge in [-0.2, -0.15) is 0 Å². The Morgan fingerprint density at radius 3 is 2.27 bits per heavy atom. The Bertz CT molecular complexity index is 1430. The molecule has 0 aromatic rings. The lowest BCUT2D eigenvalue weighted by atomic mass is 9.77. The molecule has 0 spiro atoms. The van der Waals surface area contributed by atoms with E-state index in [4.69, 9.17) is 28.4 Å². The van der Waals surface area contributed by atoms with Crippen molar-refractivity contribution < 1.29 is 63.5 Å². The molecule has 0 unspecified atom stereocenters. The second-order valence-corrected chi connectivity index (χ2v) is 22.6. The summed E-state index contributed by atoms with van der Waals surface area (Å²) >= 11 is 0. The summed E-state index contributed by atoms with van der Waals surface area (Å²) in [6.07, 6.45) is -5.03. The van der Waals surface area contributed by atoms with Crippen LogP contribution >= 0.6 is 21.6 Å². The summed E-state index contributed by atoms with van der Waals surface area (Å²) in [5.41, 5.74) is -4.53. The fraction of sp³-hybridized carbons (Fsp3) is 0.956. The highest BCUT2D eigenvalue weighted by Crippen LogP contribution is 2.42. The molecule has 62 heavy (non-hydrogen) atoms. The van der Waals surface area contributed by atoms with Crippen molar-refractivity contribution in [2.45, 2.75) is 223 Å². The number of rotatable bonds is 12. The molecule has 17 heteroatoms. The summed E-state index contributed by atoms with van der Waals surface area (Å²) in [5.74, 6) is -1.69. The number of ether oxygens (including phenoxy) is 6. The standard InChI is InChI=1S/C45H82N2O13S2/c1-14-33-45(10,54)38(50)29(6)46(11)24-25(2)22-43(8,53)40(27(4)37(28(5)41(52)58-33)59-35-23-44(9,55-13)39(51)30(7)57-35)60-42-36(49)32(21-26(3)56-42)47(12)34(48)18-16-15-17-31-19-20-61-62-31/h25-33,35-40,42,49-51,53-54H,14-24H2,1-13H3/t25-,26-,27+,28-,29-,30+,31+,32+,33-,35+,36-,37+,38-,39+,40-,42+,43-,44-,45-/m1/s1. The van der Waals surface area contributed by atoms with Crippen LogP contribution < -0.4 is 0 Å². The number of hydrogen-bond donors (Lipinski definition) is 5. The lowest BCUT2D eigenvalue weighted by Gasteiger charge is -2.49. The highest BCUT2D eigenvalue weighted by atomic mass is 33.1. The SMILES string of the molecule is CC[C@H]1OC(=O)[C@H](C)[C@@H](O[C@H]2C[C@@](C)(OC)[C@@H](O)[C@H](C)O2)[C@H](C)[C@@H](O[C@@H]2O[C@H](C)C[C@H](N(C)C(=O)CCCC[C@H]3CCSS3)[C@H]2O)[C@](C)(O)C[C@@H](C)CN(C)[C@H](C)[C@@H](O)[C@]1(C)O. The van der Waals surface area contributed by atoms with Crippen molar-refractivity contribution >= 4 is 33.5 Å². The zero-order chi connectivity index (χ0) is 46.5. The fourth-order valence-electron chi connectivity index (χ4n) is 10.2. The minimum absolute atomic E-state index is 0.0676. The number of aliphatic hydroxyl groups excluding tert-OH is 3. The molecule has 4 heterocycles. The molecule has 4 aliphatic rings. The van der Waals surface area contributed by atoms with Crippen molar-refractivity contribution in [3.8, 4) is 0 Å². The summed E-state index contributed by atoms with van der Waals surface area (Å²) in [7, 11) is 8.89. The Hall–Kier alpha value is -0.800. The van der Waals surface area contributed by atoms with Crippen LogP contribution in [0.5, 0.6) is 0 Å². The summed E-state index contributed by atoms with van der Waals surface area (Å²) in [4.78, 5) is 31.5. The molecular formula is C45H82N2O13S2. The van der Waals surface area contributed by atoms with Gasteiger partial charge in [0.15, 0.2) is 12.6 Å². The zero-order valence-corrected chi connectivity index (χ0v) is 41.4. The molecule has 4 fully saturated rings. The molecule has 5 N–H and O–H groups in total. The number of methoxy groups -OCH3 is 1. The number of esters is 1. The quantitative estimate of drug-likeness (QED) is 0.104. The summed E-state index contributed by atoms with van der Waals surface area (Å²) in [5, 5.41) is 59.8. The molecule has 1 amide bonds. The van der Waals surface area contributed by atoms with Gasteiger partial charge < -0.3 is 63.8 Å². The number of carbonyl (C=O) groups excluding carboxylic acids is 2. The third kappa shape index (κ3) is 13.0. The average molecular weight is 923 g/mol. The number of hydrogen-bond acceptors (Lipinski definition) is 16. The molecule has 4 aliphatic heterocycles. The lowest BCUT2D eigenvalue weighted by molar-refractivity contribution is -0.317. The molecular weight excluding hydrogens is 841 g/mol. The first-order valence-electron chi connectivity index (χ1n) is 23.0. The highest BCUT2D eigenvalue weighted by Gasteiger charge is 2.53. The van der Waals surface area contributed by atoms with Gasteiger partial charge >= 0.3 is 5.97 Å². The van der Waals surface area contributed by atoms with Crippen LogP contribution in [0.4, 0.5) is 0 Å². The predicted octanol–water partition coefficient (Wildman–Crippen LogP) is 4.51. The number of amides is 1. The lowest BCUT2D eigenvalue weighted by Crippen LogP contribution is -2.61. The van der Waals surface area contributed by atoms with Crippen molar-refractivity contribution in [2.24, 2.45) is 17.8 Å². The maximum Gasteiger partial charge on any atom is 0.311 e. The highest BCUT2D eigenvalue weighted by molar-refractivity contribution is 8.77. The van der Waals surface area contributed by atoms with Gasteiger partial charge in [0.1, 0.15) is 30.0 Å². The van der Waals surface area contributed by atoms with Gasteiger partial charge in [-0.1, -0.05) is 48.8 Å². The third-order valence-corrected chi connectivity index (χ3v) is 17.3. The second-order valence-electron chi connectivity index (χ2n) is 19.8. The molecule has 4 rings (SSSR count). The largest absolute Gasteiger partial charge is 0.459 e. The minimum atomic E-state index is -1.83. The van der Waals surface area contributed by atoms with Gasteiger partial charge in [0.25, 0.3) is 0 Å². The molecule has 19 atom stereocenters. The van der Waals surface area contributed by atoms with E-state index < -0.39 is 108 Å². The fourth-order valence-corrected chi connectivity index (χ4v) is 13.2. The zero-order valence-electron chi connectivity index (χ0n) is 39.7. The summed E-state index contributed by atoms with van der Waals surface area (Å²) in [6.45, 7) is 17.8. The Morgan fingerprint density at radius 2 is 1.66 bits per heavy atom. The van der Waals surface area contributed by atoms with E-state index in [9.17, 15) is 35.1 Å². The van der Waals surface area contributed by atoms with Gasteiger partial charge in [-0.15, -0.1) is 0 Å². The van der Waals surface area contributed by atoms with Gasteiger partial charge in [-0.25, -0.2) is 0 Å². The van der Waals surface area contributed by atoms with E-state index in [1.54, 1.807) is 60.4 Å². The van der Waals surface area contributed by atoms with Crippen molar-refractivity contribution in [2.75, 3.05) is 33.5 Å². The van der Waals surface area contributed by atoms with E-state index in [1.807, 2.05) is 47.4 Å². The molecule has 4 saturated heterocycles. The molecule has 0 bridgehead atoms. The maximum absolute atomic E-state index is 14.4. The van der Waals surface area contributed by atoms with Gasteiger partial charge in [-0.3, -0.25) is 9.59 Å². The average Bonchev–Trinajstić information content (AvgIpc) is 3.74. The predicted molar refractivity (Wildman–Crippen MR) is 240 cm³/mol. The topological polar surface area (TPSA) is 197 Å². The summed E-state index contributed by atoms with van der Waals surface area (Å²) < 4.78 is 38.0. The molecule has 0 radical (unpaired) electrons. The first kappa shape index (κ1) is 53.8. The van der Waals surface area contributed by atoms with Crippen LogP contribution in [0.15, 0.2) is 0 Å². The number of aliphatic hydroxyl groups is 5. The van der Waals surface area contributed by atoms with Crippen LogP contribution in [0.3, 0.4) is 0 Å². The van der Waals surface area contributed by atoms with Crippen LogP contribution in [-0.2, 0) is 38.0 Å². The Balaban J connectivity index is 1.72. The molecule has 15 nitrogen and oxygen atoms in total. The molecule has 0 aromatic heterocycles. The van der Waals surface area contributed by atoms with Crippen molar-refractivity contribution in [3.63, 3.8) is 0 Å². The third-order valence-electron chi connectivity index (χ3n) is 14.3. The first-order valence-corrected chi connectivity index (χ1v) is 25.4. The normalized spacial score (nSPS) is 45.8. The van der Waals surface area contributed by atoms with E-state index in [1.165, 1.54) is 26.2 Å². The van der Waals surface area contributed by atoms with Crippen LogP contribution in [0, 0.1) is 17.8 Å². The maximum atomic E-state index is 14.4. The number of unbranched alkanes of at least 4 members (excludes halogenated alkanes) is 1. The van der Waals surface area contributed by atoms with Gasteiger partial charge in [-0.05, 0) is 100.0 Å². The number of cyclic esters (lactones) is 1. The van der Waals surface area contributed by atoms with Crippen LogP contribution in [0.2, 0.25) is 0 Å². The Kier molecular flexibility index (Phi) is 19.8. The summed E-state index contributed by atoms with van der Waals surface area (Å²) in [6, 6.07) is -1.20. The number of nitrogens with zero attached hydrogens (tertiary/aromatic N) is 2. The molecule has 0 aliphatic carbocycles. The van der Waals surface area contributed by atoms with E-state index in [2.05, 4.69) is 0 Å². The second kappa shape index (κ2) is 22.8. The molecule has 0 aromatic carbocycles.